The summed E-state index contributed by atoms with van der Waals surface area (Å²) in [7, 11) is 0. The van der Waals surface area contributed by atoms with Crippen molar-refractivity contribution in [2.75, 3.05) is 17.2 Å². The average molecular weight is 397 g/mol. The first-order valence-electron chi connectivity index (χ1n) is 8.63. The molecule has 6 nitrogen and oxygen atoms in total. The van der Waals surface area contributed by atoms with Crippen LogP contribution in [0.1, 0.15) is 5.56 Å². The summed E-state index contributed by atoms with van der Waals surface area (Å²) in [6.07, 6.45) is 0.789. The van der Waals surface area contributed by atoms with Gasteiger partial charge in [-0.3, -0.25) is 14.2 Å². The van der Waals surface area contributed by atoms with Crippen LogP contribution < -0.4 is 10.5 Å². The normalized spacial score (nSPS) is 12.8. The molecule has 1 aromatic heterocycles. The first-order valence-corrected chi connectivity index (χ1v) is 9.62. The Hall–Kier alpha value is -3.13. The third-order valence-electron chi connectivity index (χ3n) is 4.48. The van der Waals surface area contributed by atoms with E-state index in [2.05, 4.69) is 4.98 Å². The highest BCUT2D eigenvalue weighted by Gasteiger charge is 2.25. The topological polar surface area (TPSA) is 75.4 Å². The number of carbonyl (C=O) groups excluding carboxylic acids is 1. The molecule has 0 bridgehead atoms. The molecule has 0 atom stereocenters. The molecule has 0 unspecified atom stereocenters. The van der Waals surface area contributed by atoms with Crippen LogP contribution in [-0.2, 0) is 11.2 Å². The molecule has 1 amide bonds. The SMILES string of the molecule is O=C(CSc1nc(O)cc(=O)n1-c1ccccc1F)N1CCc2ccccc21. The largest absolute Gasteiger partial charge is 0.493 e. The Morgan fingerprint density at radius 2 is 1.86 bits per heavy atom. The molecule has 1 aliphatic rings. The van der Waals surface area contributed by atoms with Crippen LogP contribution in [0.15, 0.2) is 64.5 Å². The molecule has 0 spiro atoms. The second kappa shape index (κ2) is 7.47. The van der Waals surface area contributed by atoms with E-state index in [9.17, 15) is 19.1 Å². The van der Waals surface area contributed by atoms with Crippen LogP contribution >= 0.6 is 11.8 Å². The lowest BCUT2D eigenvalue weighted by Crippen LogP contribution is -2.31. The molecule has 2 heterocycles. The number of aromatic hydroxyl groups is 1. The van der Waals surface area contributed by atoms with Crippen molar-refractivity contribution in [3.05, 3.63) is 76.3 Å². The number of para-hydroxylation sites is 2. The van der Waals surface area contributed by atoms with E-state index in [4.69, 9.17) is 0 Å². The van der Waals surface area contributed by atoms with E-state index in [1.807, 2.05) is 24.3 Å². The van der Waals surface area contributed by atoms with Crippen molar-refractivity contribution < 1.29 is 14.3 Å². The molecule has 0 aliphatic carbocycles. The molecule has 2 aromatic carbocycles. The minimum atomic E-state index is -0.626. The van der Waals surface area contributed by atoms with Crippen LogP contribution in [-0.4, -0.2) is 32.9 Å². The maximum Gasteiger partial charge on any atom is 0.262 e. The summed E-state index contributed by atoms with van der Waals surface area (Å²) < 4.78 is 15.3. The number of benzene rings is 2. The van der Waals surface area contributed by atoms with E-state index in [1.165, 1.54) is 18.2 Å². The van der Waals surface area contributed by atoms with Crippen molar-refractivity contribution in [2.45, 2.75) is 11.6 Å². The fourth-order valence-electron chi connectivity index (χ4n) is 3.20. The summed E-state index contributed by atoms with van der Waals surface area (Å²) in [5.74, 6) is -1.22. The van der Waals surface area contributed by atoms with Crippen LogP contribution in [0.5, 0.6) is 5.88 Å². The summed E-state index contributed by atoms with van der Waals surface area (Å²) in [6, 6.07) is 14.4. The van der Waals surface area contributed by atoms with Crippen molar-refractivity contribution >= 4 is 23.4 Å². The molecule has 8 heteroatoms. The van der Waals surface area contributed by atoms with Crippen molar-refractivity contribution in [1.82, 2.24) is 9.55 Å². The van der Waals surface area contributed by atoms with Gasteiger partial charge >= 0.3 is 0 Å². The van der Waals surface area contributed by atoms with Gasteiger partial charge in [-0.05, 0) is 30.2 Å². The molecule has 1 aliphatic heterocycles. The highest BCUT2D eigenvalue weighted by Crippen LogP contribution is 2.29. The zero-order chi connectivity index (χ0) is 19.7. The van der Waals surface area contributed by atoms with E-state index >= 15 is 0 Å². The Morgan fingerprint density at radius 3 is 2.64 bits per heavy atom. The monoisotopic (exact) mass is 397 g/mol. The number of fused-ring (bicyclic) bond motifs is 1. The average Bonchev–Trinajstić information content (AvgIpc) is 3.11. The van der Waals surface area contributed by atoms with Crippen LogP contribution in [0.4, 0.5) is 10.1 Å². The Balaban J connectivity index is 1.62. The van der Waals surface area contributed by atoms with Crippen LogP contribution in [0.25, 0.3) is 5.69 Å². The zero-order valence-electron chi connectivity index (χ0n) is 14.7. The quantitative estimate of drug-likeness (QED) is 0.541. The highest BCUT2D eigenvalue weighted by atomic mass is 32.2. The highest BCUT2D eigenvalue weighted by molar-refractivity contribution is 7.99. The third kappa shape index (κ3) is 3.38. The molecule has 0 saturated heterocycles. The number of aromatic nitrogens is 2. The Bertz CT molecular complexity index is 1120. The van der Waals surface area contributed by atoms with Gasteiger partial charge in [-0.25, -0.2) is 4.39 Å². The lowest BCUT2D eigenvalue weighted by Gasteiger charge is -2.17. The first kappa shape index (κ1) is 18.2. The van der Waals surface area contributed by atoms with Crippen molar-refractivity contribution in [3.63, 3.8) is 0 Å². The second-order valence-corrected chi connectivity index (χ2v) is 7.18. The number of hydrogen-bond acceptors (Lipinski definition) is 5. The van der Waals surface area contributed by atoms with Gasteiger partial charge in [0.25, 0.3) is 5.56 Å². The number of carbonyl (C=O) groups is 1. The predicted octanol–water partition coefficient (Wildman–Crippen LogP) is 2.76. The molecule has 28 heavy (non-hydrogen) atoms. The van der Waals surface area contributed by atoms with Gasteiger partial charge in [-0.15, -0.1) is 0 Å². The van der Waals surface area contributed by atoms with Gasteiger partial charge in [0.1, 0.15) is 5.82 Å². The summed E-state index contributed by atoms with van der Waals surface area (Å²) in [5, 5.41) is 9.77. The number of halogens is 1. The van der Waals surface area contributed by atoms with E-state index in [0.29, 0.717) is 6.54 Å². The summed E-state index contributed by atoms with van der Waals surface area (Å²) in [4.78, 5) is 30.7. The summed E-state index contributed by atoms with van der Waals surface area (Å²) in [5.41, 5.74) is 1.38. The molecule has 0 fully saturated rings. The van der Waals surface area contributed by atoms with E-state index in [1.54, 1.807) is 11.0 Å². The maximum absolute atomic E-state index is 14.2. The molecule has 1 N–H and O–H groups in total. The minimum Gasteiger partial charge on any atom is -0.493 e. The minimum absolute atomic E-state index is 0.00131. The number of thioether (sulfide) groups is 1. The van der Waals surface area contributed by atoms with Gasteiger partial charge < -0.3 is 10.0 Å². The fourth-order valence-corrected chi connectivity index (χ4v) is 4.09. The standard InChI is InChI=1S/C20H16FN3O3S/c21-14-6-2-4-8-16(14)24-18(26)11-17(25)22-20(24)28-12-19(27)23-10-9-13-5-1-3-7-15(13)23/h1-8,11,25H,9-10,12H2. The van der Waals surface area contributed by atoms with Crippen molar-refractivity contribution in [3.8, 4) is 11.6 Å². The molecule has 142 valence electrons. The second-order valence-electron chi connectivity index (χ2n) is 6.23. The van der Waals surface area contributed by atoms with E-state index in [-0.39, 0.29) is 22.5 Å². The lowest BCUT2D eigenvalue weighted by molar-refractivity contribution is -0.116. The van der Waals surface area contributed by atoms with Gasteiger partial charge in [-0.2, -0.15) is 4.98 Å². The molecule has 0 saturated carbocycles. The smallest absolute Gasteiger partial charge is 0.262 e. The third-order valence-corrected chi connectivity index (χ3v) is 5.40. The number of amides is 1. The van der Waals surface area contributed by atoms with Crippen molar-refractivity contribution in [1.29, 1.82) is 0 Å². The van der Waals surface area contributed by atoms with Gasteiger partial charge in [0.2, 0.25) is 11.8 Å². The van der Waals surface area contributed by atoms with Gasteiger partial charge in [-0.1, -0.05) is 42.1 Å². The Kier molecular flexibility index (Phi) is 4.87. The lowest BCUT2D eigenvalue weighted by atomic mass is 10.2. The Labute approximate surface area is 164 Å². The zero-order valence-corrected chi connectivity index (χ0v) is 15.5. The molecular weight excluding hydrogens is 381 g/mol. The first-order chi connectivity index (χ1) is 13.5. The van der Waals surface area contributed by atoms with Gasteiger partial charge in [0.05, 0.1) is 17.5 Å². The van der Waals surface area contributed by atoms with Crippen LogP contribution in [0.3, 0.4) is 0 Å². The Morgan fingerprint density at radius 1 is 1.14 bits per heavy atom. The maximum atomic E-state index is 14.2. The van der Waals surface area contributed by atoms with Gasteiger partial charge in [0.15, 0.2) is 5.16 Å². The molecule has 4 rings (SSSR count). The number of rotatable bonds is 4. The number of hydrogen-bond donors (Lipinski definition) is 1. The van der Waals surface area contributed by atoms with Crippen LogP contribution in [0, 0.1) is 5.82 Å². The van der Waals surface area contributed by atoms with Gasteiger partial charge in [0, 0.05) is 12.2 Å². The number of nitrogens with zero attached hydrogens (tertiary/aromatic N) is 3. The fraction of sp³-hybridized carbons (Fsp3) is 0.150. The number of anilines is 1. The van der Waals surface area contributed by atoms with Crippen LogP contribution in [0.2, 0.25) is 0 Å². The van der Waals surface area contributed by atoms with E-state index in [0.717, 1.165) is 40.1 Å². The molecular formula is C20H16FN3O3S. The molecule has 3 aromatic rings. The van der Waals surface area contributed by atoms with Crippen molar-refractivity contribution in [2.24, 2.45) is 0 Å². The summed E-state index contributed by atoms with van der Waals surface area (Å²) >= 11 is 0.983. The molecule has 0 radical (unpaired) electrons. The van der Waals surface area contributed by atoms with E-state index < -0.39 is 17.3 Å². The summed E-state index contributed by atoms with van der Waals surface area (Å²) in [6.45, 7) is 0.590. The predicted molar refractivity (Wildman–Crippen MR) is 105 cm³/mol.